The van der Waals surface area contributed by atoms with Gasteiger partial charge in [0.25, 0.3) is 5.91 Å². The molecule has 0 atom stereocenters. The number of nitrogen functional groups attached to an aromatic ring is 1. The van der Waals surface area contributed by atoms with Gasteiger partial charge in [0.05, 0.1) is 11.2 Å². The van der Waals surface area contributed by atoms with E-state index in [9.17, 15) is 4.79 Å². The maximum absolute atomic E-state index is 12.6. The maximum atomic E-state index is 12.6. The number of para-hydroxylation sites is 1. The number of hydrogen-bond donors (Lipinski definition) is 2. The van der Waals surface area contributed by atoms with Gasteiger partial charge in [-0.15, -0.1) is 0 Å². The van der Waals surface area contributed by atoms with Crippen molar-refractivity contribution in [1.29, 1.82) is 0 Å². The Bertz CT molecular complexity index is 662. The zero-order valence-corrected chi connectivity index (χ0v) is 12.2. The first-order valence-electron chi connectivity index (χ1n) is 7.34. The molecule has 21 heavy (non-hydrogen) atoms. The average Bonchev–Trinajstić information content (AvgIpc) is 2.53. The van der Waals surface area contributed by atoms with Gasteiger partial charge in [-0.25, -0.2) is 4.98 Å². The Labute approximate surface area is 124 Å². The molecule has 1 aromatic heterocycles. The summed E-state index contributed by atoms with van der Waals surface area (Å²) in [5.74, 6) is 6.26. The molecule has 5 nitrogen and oxygen atoms in total. The van der Waals surface area contributed by atoms with Gasteiger partial charge in [-0.1, -0.05) is 25.1 Å². The Balaban J connectivity index is 1.94. The van der Waals surface area contributed by atoms with Crippen LogP contribution in [0.1, 0.15) is 30.3 Å². The van der Waals surface area contributed by atoms with Crippen LogP contribution in [-0.4, -0.2) is 28.9 Å². The van der Waals surface area contributed by atoms with Crippen LogP contribution >= 0.6 is 0 Å². The Morgan fingerprint density at radius 2 is 2.05 bits per heavy atom. The molecule has 110 valence electrons. The molecule has 1 aromatic carbocycles. The first kappa shape index (κ1) is 13.8. The molecule has 1 amide bonds. The number of fused-ring (bicyclic) bond motifs is 1. The summed E-state index contributed by atoms with van der Waals surface area (Å²) < 4.78 is 0. The second kappa shape index (κ2) is 5.69. The van der Waals surface area contributed by atoms with E-state index in [4.69, 9.17) is 5.84 Å². The number of piperidine rings is 1. The zero-order valence-electron chi connectivity index (χ0n) is 12.2. The number of pyridine rings is 1. The molecule has 1 aliphatic rings. The van der Waals surface area contributed by atoms with Gasteiger partial charge in [-0.3, -0.25) is 10.6 Å². The molecular formula is C16H20N4O. The third-order valence-corrected chi connectivity index (χ3v) is 4.16. The molecule has 3 N–H and O–H groups in total. The van der Waals surface area contributed by atoms with Crippen LogP contribution in [0.25, 0.3) is 10.9 Å². The standard InChI is InChI=1S/C16H20N4O/c1-11-6-8-20(9-7-11)16(21)15-10-14(19-17)12-4-2-3-5-13(12)18-15/h2-5,10-11H,6-9,17H2,1H3,(H,18,19). The van der Waals surface area contributed by atoms with Crippen molar-refractivity contribution in [3.63, 3.8) is 0 Å². The van der Waals surface area contributed by atoms with Crippen molar-refractivity contribution >= 4 is 22.5 Å². The molecule has 0 aliphatic carbocycles. The summed E-state index contributed by atoms with van der Waals surface area (Å²) in [5, 5.41) is 0.920. The number of rotatable bonds is 2. The SMILES string of the molecule is CC1CCN(C(=O)c2cc(NN)c3ccccc3n2)CC1. The van der Waals surface area contributed by atoms with Crippen molar-refractivity contribution in [1.82, 2.24) is 9.88 Å². The first-order valence-corrected chi connectivity index (χ1v) is 7.34. The predicted octanol–water partition coefficient (Wildman–Crippen LogP) is 2.39. The van der Waals surface area contributed by atoms with Crippen molar-refractivity contribution in [2.75, 3.05) is 18.5 Å². The van der Waals surface area contributed by atoms with E-state index in [2.05, 4.69) is 17.3 Å². The topological polar surface area (TPSA) is 71.2 Å². The summed E-state index contributed by atoms with van der Waals surface area (Å²) >= 11 is 0. The molecule has 2 aromatic rings. The van der Waals surface area contributed by atoms with Gasteiger partial charge in [0.15, 0.2) is 0 Å². The van der Waals surface area contributed by atoms with Crippen LogP contribution in [0.15, 0.2) is 30.3 Å². The lowest BCUT2D eigenvalue weighted by Crippen LogP contribution is -2.38. The minimum absolute atomic E-state index is 0.0100. The lowest BCUT2D eigenvalue weighted by molar-refractivity contribution is 0.0692. The molecule has 2 heterocycles. The highest BCUT2D eigenvalue weighted by Crippen LogP contribution is 2.24. The van der Waals surface area contributed by atoms with Crippen molar-refractivity contribution in [2.45, 2.75) is 19.8 Å². The van der Waals surface area contributed by atoms with Gasteiger partial charge >= 0.3 is 0 Å². The van der Waals surface area contributed by atoms with E-state index in [1.807, 2.05) is 29.2 Å². The van der Waals surface area contributed by atoms with E-state index >= 15 is 0 Å². The second-order valence-corrected chi connectivity index (χ2v) is 5.69. The number of carbonyl (C=O) groups is 1. The minimum atomic E-state index is -0.0100. The molecule has 0 saturated carbocycles. The molecule has 1 saturated heterocycles. The van der Waals surface area contributed by atoms with Crippen LogP contribution in [0.3, 0.4) is 0 Å². The van der Waals surface area contributed by atoms with Gasteiger partial charge in [0.1, 0.15) is 5.69 Å². The second-order valence-electron chi connectivity index (χ2n) is 5.69. The lowest BCUT2D eigenvalue weighted by Gasteiger charge is -2.30. The van der Waals surface area contributed by atoms with Crippen molar-refractivity contribution < 1.29 is 4.79 Å². The normalized spacial score (nSPS) is 16.2. The number of amides is 1. The highest BCUT2D eigenvalue weighted by molar-refractivity contribution is 5.99. The summed E-state index contributed by atoms with van der Waals surface area (Å²) in [6.07, 6.45) is 2.11. The Hall–Kier alpha value is -2.14. The quantitative estimate of drug-likeness (QED) is 0.656. The number of nitrogens with zero attached hydrogens (tertiary/aromatic N) is 2. The molecular weight excluding hydrogens is 264 g/mol. The largest absolute Gasteiger partial charge is 0.337 e. The zero-order chi connectivity index (χ0) is 14.8. The summed E-state index contributed by atoms with van der Waals surface area (Å²) in [6, 6.07) is 9.41. The number of nitrogens with one attached hydrogen (secondary N) is 1. The number of anilines is 1. The highest BCUT2D eigenvalue weighted by Gasteiger charge is 2.23. The molecule has 3 rings (SSSR count). The van der Waals surface area contributed by atoms with Gasteiger partial charge in [-0.2, -0.15) is 0 Å². The van der Waals surface area contributed by atoms with Crippen LogP contribution in [0.5, 0.6) is 0 Å². The maximum Gasteiger partial charge on any atom is 0.272 e. The van der Waals surface area contributed by atoms with Gasteiger partial charge in [0.2, 0.25) is 0 Å². The van der Waals surface area contributed by atoms with Crippen molar-refractivity contribution in [3.8, 4) is 0 Å². The Morgan fingerprint density at radius 1 is 1.33 bits per heavy atom. The van der Waals surface area contributed by atoms with Crippen LogP contribution in [0.2, 0.25) is 0 Å². The lowest BCUT2D eigenvalue weighted by atomic mass is 9.99. The smallest absolute Gasteiger partial charge is 0.272 e. The molecule has 0 radical (unpaired) electrons. The predicted molar refractivity (Wildman–Crippen MR) is 83.9 cm³/mol. The van der Waals surface area contributed by atoms with Crippen molar-refractivity contribution in [2.24, 2.45) is 11.8 Å². The molecule has 1 fully saturated rings. The fraction of sp³-hybridized carbons (Fsp3) is 0.375. The van der Waals surface area contributed by atoms with Gasteiger partial charge in [-0.05, 0) is 30.9 Å². The summed E-state index contributed by atoms with van der Waals surface area (Å²) in [5.41, 5.74) is 4.63. The molecule has 5 heteroatoms. The van der Waals surface area contributed by atoms with E-state index < -0.39 is 0 Å². The fourth-order valence-corrected chi connectivity index (χ4v) is 2.78. The Kier molecular flexibility index (Phi) is 3.75. The van der Waals surface area contributed by atoms with E-state index in [0.29, 0.717) is 11.6 Å². The first-order chi connectivity index (χ1) is 10.2. The van der Waals surface area contributed by atoms with Crippen LogP contribution in [0.4, 0.5) is 5.69 Å². The van der Waals surface area contributed by atoms with Crippen LogP contribution < -0.4 is 11.3 Å². The minimum Gasteiger partial charge on any atom is -0.337 e. The van der Waals surface area contributed by atoms with E-state index in [-0.39, 0.29) is 5.91 Å². The number of hydrazine groups is 1. The molecule has 0 bridgehead atoms. The van der Waals surface area contributed by atoms with Gasteiger partial charge < -0.3 is 10.3 Å². The fourth-order valence-electron chi connectivity index (χ4n) is 2.78. The summed E-state index contributed by atoms with van der Waals surface area (Å²) in [6.45, 7) is 3.84. The monoisotopic (exact) mass is 284 g/mol. The Morgan fingerprint density at radius 3 is 2.76 bits per heavy atom. The van der Waals surface area contributed by atoms with E-state index in [1.54, 1.807) is 6.07 Å². The summed E-state index contributed by atoms with van der Waals surface area (Å²) in [4.78, 5) is 19.0. The number of hydrogen-bond acceptors (Lipinski definition) is 4. The number of nitrogens with two attached hydrogens (primary N) is 1. The number of aromatic nitrogens is 1. The number of likely N-dealkylation sites (tertiary alicyclic amines) is 1. The highest BCUT2D eigenvalue weighted by atomic mass is 16.2. The molecule has 1 aliphatic heterocycles. The number of carbonyl (C=O) groups excluding carboxylic acids is 1. The summed E-state index contributed by atoms with van der Waals surface area (Å²) in [7, 11) is 0. The number of benzene rings is 1. The van der Waals surface area contributed by atoms with Crippen molar-refractivity contribution in [3.05, 3.63) is 36.0 Å². The van der Waals surface area contributed by atoms with Crippen LogP contribution in [-0.2, 0) is 0 Å². The third-order valence-electron chi connectivity index (χ3n) is 4.16. The third kappa shape index (κ3) is 2.69. The van der Waals surface area contributed by atoms with E-state index in [0.717, 1.165) is 42.5 Å². The average molecular weight is 284 g/mol. The molecule has 0 unspecified atom stereocenters. The van der Waals surface area contributed by atoms with E-state index in [1.165, 1.54) is 0 Å². The molecule has 0 spiro atoms. The van der Waals surface area contributed by atoms with Crippen LogP contribution in [0, 0.1) is 5.92 Å². The van der Waals surface area contributed by atoms with Gasteiger partial charge in [0, 0.05) is 18.5 Å².